The number of aromatic nitrogens is 3. The lowest BCUT2D eigenvalue weighted by molar-refractivity contribution is 0.528. The van der Waals surface area contributed by atoms with Crippen molar-refractivity contribution < 1.29 is 8.76 Å². The Morgan fingerprint density at radius 2 is 2.00 bits per heavy atom. The number of nitrogens with two attached hydrogens (primary N) is 1. The minimum absolute atomic E-state index is 0.0420. The predicted octanol–water partition coefficient (Wildman–Crippen LogP) is 0.0875. The van der Waals surface area contributed by atoms with Crippen LogP contribution in [0.15, 0.2) is 35.5 Å². The smallest absolute Gasteiger partial charge is 0.227 e. The van der Waals surface area contributed by atoms with Crippen LogP contribution in [0.25, 0.3) is 5.69 Å². The van der Waals surface area contributed by atoms with Gasteiger partial charge in [0, 0.05) is 11.1 Å². The molecule has 7 heteroatoms. The zero-order valence-electron chi connectivity index (χ0n) is 7.53. The van der Waals surface area contributed by atoms with Crippen molar-refractivity contribution in [2.45, 2.75) is 5.16 Å². The first-order valence-corrected chi connectivity index (χ1v) is 5.13. The molecule has 2 rings (SSSR count). The molecule has 1 aromatic heterocycles. The highest BCUT2D eigenvalue weighted by Crippen LogP contribution is 2.11. The molecular formula is C8H7N4O2S-. The largest absolute Gasteiger partial charge is 0.766 e. The molecule has 0 amide bonds. The highest BCUT2D eigenvalue weighted by molar-refractivity contribution is 7.78. The summed E-state index contributed by atoms with van der Waals surface area (Å²) in [5.74, 6) is 0.0420. The van der Waals surface area contributed by atoms with Crippen molar-refractivity contribution in [2.75, 3.05) is 5.73 Å². The van der Waals surface area contributed by atoms with Crippen molar-refractivity contribution in [3.8, 4) is 5.69 Å². The number of para-hydroxylation sites is 1. The van der Waals surface area contributed by atoms with Crippen LogP contribution in [-0.2, 0) is 11.1 Å². The molecule has 1 atom stereocenters. The quantitative estimate of drug-likeness (QED) is 0.727. The number of hydrogen-bond acceptors (Lipinski definition) is 5. The molecule has 0 saturated carbocycles. The SMILES string of the molecule is Nc1nc(S(=O)[O-])nn1-c1ccccc1. The molecule has 6 nitrogen and oxygen atoms in total. The topological polar surface area (TPSA) is 96.9 Å². The number of nitrogen functional groups attached to an aromatic ring is 1. The molecule has 0 aliphatic rings. The van der Waals surface area contributed by atoms with E-state index >= 15 is 0 Å². The Bertz CT molecular complexity index is 497. The predicted molar refractivity (Wildman–Crippen MR) is 53.0 cm³/mol. The lowest BCUT2D eigenvalue weighted by Gasteiger charge is -2.00. The van der Waals surface area contributed by atoms with E-state index in [2.05, 4.69) is 10.1 Å². The van der Waals surface area contributed by atoms with Gasteiger partial charge in [0.25, 0.3) is 0 Å². The molecular weight excluding hydrogens is 216 g/mol. The third-order valence-electron chi connectivity index (χ3n) is 1.76. The van der Waals surface area contributed by atoms with E-state index in [0.717, 1.165) is 0 Å². The van der Waals surface area contributed by atoms with E-state index in [1.165, 1.54) is 4.68 Å². The van der Waals surface area contributed by atoms with Crippen molar-refractivity contribution in [3.63, 3.8) is 0 Å². The average molecular weight is 223 g/mol. The molecule has 2 aromatic rings. The van der Waals surface area contributed by atoms with Gasteiger partial charge in [-0.15, -0.1) is 5.10 Å². The third kappa shape index (κ3) is 1.88. The van der Waals surface area contributed by atoms with Gasteiger partial charge in [0.2, 0.25) is 11.1 Å². The first-order chi connectivity index (χ1) is 7.18. The second kappa shape index (κ2) is 3.79. The molecule has 0 fully saturated rings. The minimum Gasteiger partial charge on any atom is -0.766 e. The van der Waals surface area contributed by atoms with Crippen LogP contribution in [0, 0.1) is 0 Å². The van der Waals surface area contributed by atoms with Crippen LogP contribution in [-0.4, -0.2) is 23.5 Å². The Kier molecular flexibility index (Phi) is 2.48. The Morgan fingerprint density at radius 3 is 2.53 bits per heavy atom. The first kappa shape index (κ1) is 9.81. The summed E-state index contributed by atoms with van der Waals surface area (Å²) in [6.07, 6.45) is 0. The molecule has 0 spiro atoms. The summed E-state index contributed by atoms with van der Waals surface area (Å²) >= 11 is -2.47. The van der Waals surface area contributed by atoms with Gasteiger partial charge in [-0.2, -0.15) is 9.67 Å². The number of nitrogens with zero attached hydrogens (tertiary/aromatic N) is 3. The van der Waals surface area contributed by atoms with E-state index in [-0.39, 0.29) is 11.1 Å². The molecule has 0 aliphatic heterocycles. The van der Waals surface area contributed by atoms with Gasteiger partial charge in [-0.3, -0.25) is 4.21 Å². The fraction of sp³-hybridized carbons (Fsp3) is 0. The van der Waals surface area contributed by atoms with Crippen LogP contribution in [0.3, 0.4) is 0 Å². The van der Waals surface area contributed by atoms with Crippen LogP contribution < -0.4 is 5.73 Å². The van der Waals surface area contributed by atoms with Crippen molar-refractivity contribution in [2.24, 2.45) is 0 Å². The highest BCUT2D eigenvalue weighted by atomic mass is 32.2. The summed E-state index contributed by atoms with van der Waals surface area (Å²) in [5.41, 5.74) is 6.19. The maximum absolute atomic E-state index is 10.6. The molecule has 15 heavy (non-hydrogen) atoms. The van der Waals surface area contributed by atoms with Crippen LogP contribution >= 0.6 is 0 Å². The van der Waals surface area contributed by atoms with Crippen LogP contribution in [0.2, 0.25) is 0 Å². The van der Waals surface area contributed by atoms with Gasteiger partial charge in [-0.1, -0.05) is 18.2 Å². The van der Waals surface area contributed by atoms with Crippen molar-refractivity contribution >= 4 is 17.0 Å². The maximum Gasteiger partial charge on any atom is 0.227 e. The van der Waals surface area contributed by atoms with E-state index in [4.69, 9.17) is 5.73 Å². The number of hydrogen-bond donors (Lipinski definition) is 1. The van der Waals surface area contributed by atoms with Crippen LogP contribution in [0.4, 0.5) is 5.95 Å². The second-order valence-electron chi connectivity index (χ2n) is 2.73. The van der Waals surface area contributed by atoms with Gasteiger partial charge >= 0.3 is 0 Å². The van der Waals surface area contributed by atoms with Crippen LogP contribution in [0.5, 0.6) is 0 Å². The van der Waals surface area contributed by atoms with Gasteiger partial charge in [-0.05, 0) is 12.1 Å². The number of anilines is 1. The molecule has 78 valence electrons. The third-order valence-corrected chi connectivity index (χ3v) is 2.23. The molecule has 0 saturated heterocycles. The fourth-order valence-corrected chi connectivity index (χ4v) is 1.45. The summed E-state index contributed by atoms with van der Waals surface area (Å²) in [5, 5.41) is 3.44. The Morgan fingerprint density at radius 1 is 1.33 bits per heavy atom. The molecule has 1 heterocycles. The highest BCUT2D eigenvalue weighted by Gasteiger charge is 2.08. The monoisotopic (exact) mass is 223 g/mol. The molecule has 0 bridgehead atoms. The lowest BCUT2D eigenvalue weighted by atomic mass is 10.3. The first-order valence-electron chi connectivity index (χ1n) is 4.05. The molecule has 2 N–H and O–H groups in total. The zero-order valence-corrected chi connectivity index (χ0v) is 8.35. The Balaban J connectivity index is 2.50. The average Bonchev–Trinajstić information content (AvgIpc) is 2.62. The van der Waals surface area contributed by atoms with Crippen molar-refractivity contribution in [1.82, 2.24) is 14.8 Å². The van der Waals surface area contributed by atoms with Crippen molar-refractivity contribution in [1.29, 1.82) is 0 Å². The lowest BCUT2D eigenvalue weighted by Crippen LogP contribution is -2.02. The Hall–Kier alpha value is -1.73. The van der Waals surface area contributed by atoms with Gasteiger partial charge in [-0.25, -0.2) is 0 Å². The maximum atomic E-state index is 10.6. The summed E-state index contributed by atoms with van der Waals surface area (Å²) in [6.45, 7) is 0. The van der Waals surface area contributed by atoms with Crippen molar-refractivity contribution in [3.05, 3.63) is 30.3 Å². The molecule has 1 unspecified atom stereocenters. The van der Waals surface area contributed by atoms with Gasteiger partial charge < -0.3 is 10.3 Å². The Labute approximate surface area is 88.0 Å². The summed E-state index contributed by atoms with van der Waals surface area (Å²) < 4.78 is 22.5. The standard InChI is InChI=1S/C8H8N4O2S/c9-7-10-8(15(13)14)11-12(7)6-4-2-1-3-5-6/h1-5H,(H,13,14)(H2,9,10,11)/p-1. The van der Waals surface area contributed by atoms with E-state index < -0.39 is 11.1 Å². The minimum atomic E-state index is -2.47. The number of rotatable bonds is 2. The normalized spacial score (nSPS) is 12.6. The summed E-state index contributed by atoms with van der Waals surface area (Å²) in [7, 11) is 0. The molecule has 0 aliphatic carbocycles. The van der Waals surface area contributed by atoms with Gasteiger partial charge in [0.05, 0.1) is 5.69 Å². The van der Waals surface area contributed by atoms with Crippen LogP contribution in [0.1, 0.15) is 0 Å². The molecule has 0 radical (unpaired) electrons. The van der Waals surface area contributed by atoms with E-state index in [0.29, 0.717) is 5.69 Å². The van der Waals surface area contributed by atoms with E-state index in [1.54, 1.807) is 24.3 Å². The van der Waals surface area contributed by atoms with E-state index in [1.807, 2.05) is 6.07 Å². The zero-order chi connectivity index (χ0) is 10.8. The van der Waals surface area contributed by atoms with E-state index in [9.17, 15) is 8.76 Å². The summed E-state index contributed by atoms with van der Waals surface area (Å²) in [6, 6.07) is 8.93. The molecule has 1 aromatic carbocycles. The number of benzene rings is 1. The summed E-state index contributed by atoms with van der Waals surface area (Å²) in [4.78, 5) is 3.60. The van der Waals surface area contributed by atoms with Gasteiger partial charge in [0.1, 0.15) is 0 Å². The fourth-order valence-electron chi connectivity index (χ4n) is 1.13. The second-order valence-corrected chi connectivity index (χ2v) is 3.57. The van der Waals surface area contributed by atoms with Gasteiger partial charge in [0.15, 0.2) is 0 Å².